The third-order valence-electron chi connectivity index (χ3n) is 4.13. The van der Waals surface area contributed by atoms with E-state index in [2.05, 4.69) is 5.32 Å². The molecule has 0 aliphatic carbocycles. The van der Waals surface area contributed by atoms with Gasteiger partial charge in [-0.2, -0.15) is 0 Å². The molecule has 0 saturated carbocycles. The van der Waals surface area contributed by atoms with Gasteiger partial charge >= 0.3 is 6.09 Å². The van der Waals surface area contributed by atoms with Crippen LogP contribution in [-0.4, -0.2) is 56.2 Å². The minimum atomic E-state index is -0.268. The Balaban J connectivity index is 1.76. The molecule has 1 aliphatic rings. The lowest BCUT2D eigenvalue weighted by Crippen LogP contribution is -3.15. The summed E-state index contributed by atoms with van der Waals surface area (Å²) in [6.07, 6.45) is -0.268. The van der Waals surface area contributed by atoms with Gasteiger partial charge in [-0.3, -0.25) is 9.69 Å². The number of nitrogens with zero attached hydrogens (tertiary/aromatic N) is 1. The zero-order chi connectivity index (χ0) is 17.5. The molecule has 1 aromatic carbocycles. The summed E-state index contributed by atoms with van der Waals surface area (Å²) >= 11 is 5.98. The molecule has 2 rings (SSSR count). The molecular weight excluding hydrogens is 330 g/mol. The van der Waals surface area contributed by atoms with Crippen LogP contribution in [0.4, 0.5) is 4.79 Å². The summed E-state index contributed by atoms with van der Waals surface area (Å²) in [5.74, 6) is 0.00191. The van der Waals surface area contributed by atoms with E-state index in [9.17, 15) is 9.59 Å². The van der Waals surface area contributed by atoms with E-state index in [4.69, 9.17) is 16.3 Å². The summed E-state index contributed by atoms with van der Waals surface area (Å²) in [4.78, 5) is 26.8. The molecule has 0 spiro atoms. The highest BCUT2D eigenvalue weighted by Gasteiger charge is 2.26. The van der Waals surface area contributed by atoms with Gasteiger partial charge in [0, 0.05) is 5.02 Å². The summed E-state index contributed by atoms with van der Waals surface area (Å²) in [6.45, 7) is 7.26. The quantitative estimate of drug-likeness (QED) is 0.825. The molecule has 0 aromatic heterocycles. The van der Waals surface area contributed by atoms with Crippen molar-refractivity contribution in [3.63, 3.8) is 0 Å². The molecule has 1 atom stereocenters. The minimum Gasteiger partial charge on any atom is -0.450 e. The molecule has 24 heavy (non-hydrogen) atoms. The molecule has 0 bridgehead atoms. The number of ether oxygens (including phenoxy) is 1. The lowest BCUT2D eigenvalue weighted by Gasteiger charge is -2.31. The molecule has 0 unspecified atom stereocenters. The normalized spacial score (nSPS) is 16.5. The van der Waals surface area contributed by atoms with E-state index in [1.165, 1.54) is 4.90 Å². The van der Waals surface area contributed by atoms with E-state index in [0.717, 1.165) is 18.7 Å². The van der Waals surface area contributed by atoms with Gasteiger partial charge in [0.15, 0.2) is 6.54 Å². The molecule has 1 aromatic rings. The summed E-state index contributed by atoms with van der Waals surface area (Å²) in [5, 5.41) is 3.66. The van der Waals surface area contributed by atoms with Crippen LogP contribution in [0.2, 0.25) is 5.02 Å². The monoisotopic (exact) mass is 354 g/mol. The maximum Gasteiger partial charge on any atom is 0.410 e. The Morgan fingerprint density at radius 3 is 2.71 bits per heavy atom. The van der Waals surface area contributed by atoms with Crippen LogP contribution in [0, 0.1) is 0 Å². The van der Waals surface area contributed by atoms with Gasteiger partial charge in [0.05, 0.1) is 38.8 Å². The predicted octanol–water partition coefficient (Wildman–Crippen LogP) is 0.874. The number of hydrogen-bond acceptors (Lipinski definition) is 3. The van der Waals surface area contributed by atoms with E-state index in [1.807, 2.05) is 31.2 Å². The number of amides is 2. The van der Waals surface area contributed by atoms with E-state index in [1.54, 1.807) is 11.8 Å². The molecule has 2 N–H and O–H groups in total. The first-order valence-electron chi connectivity index (χ1n) is 8.29. The molecule has 1 aliphatic heterocycles. The number of benzene rings is 1. The fourth-order valence-corrected chi connectivity index (χ4v) is 2.97. The van der Waals surface area contributed by atoms with E-state index in [-0.39, 0.29) is 18.0 Å². The van der Waals surface area contributed by atoms with Crippen molar-refractivity contribution in [2.24, 2.45) is 0 Å². The largest absolute Gasteiger partial charge is 0.450 e. The SMILES string of the molecule is CCOC(=O)N1CC[NH+](CC(=O)N[C@@H](C)c2cccc(Cl)c2)CC1. The number of rotatable bonds is 5. The summed E-state index contributed by atoms with van der Waals surface area (Å²) in [5.41, 5.74) is 0.984. The van der Waals surface area contributed by atoms with Gasteiger partial charge in [-0.05, 0) is 31.5 Å². The van der Waals surface area contributed by atoms with Crippen molar-refractivity contribution in [3.05, 3.63) is 34.9 Å². The van der Waals surface area contributed by atoms with Gasteiger partial charge in [0.1, 0.15) is 0 Å². The highest BCUT2D eigenvalue weighted by molar-refractivity contribution is 6.30. The summed E-state index contributed by atoms with van der Waals surface area (Å²) < 4.78 is 5.00. The molecule has 7 heteroatoms. The van der Waals surface area contributed by atoms with Crippen molar-refractivity contribution in [3.8, 4) is 0 Å². The Labute approximate surface area is 147 Å². The van der Waals surface area contributed by atoms with E-state index >= 15 is 0 Å². The molecule has 1 heterocycles. The summed E-state index contributed by atoms with van der Waals surface area (Å²) in [6, 6.07) is 7.41. The van der Waals surface area contributed by atoms with Crippen LogP contribution in [0.25, 0.3) is 0 Å². The van der Waals surface area contributed by atoms with Crippen molar-refractivity contribution in [2.45, 2.75) is 19.9 Å². The number of piperazine rings is 1. The second-order valence-electron chi connectivity index (χ2n) is 5.96. The Morgan fingerprint density at radius 1 is 1.38 bits per heavy atom. The van der Waals surface area contributed by atoms with Crippen LogP contribution in [0.15, 0.2) is 24.3 Å². The molecule has 0 radical (unpaired) electrons. The number of nitrogens with one attached hydrogen (secondary N) is 2. The van der Waals surface area contributed by atoms with Crippen LogP contribution in [-0.2, 0) is 9.53 Å². The maximum atomic E-state index is 12.2. The van der Waals surface area contributed by atoms with Gasteiger partial charge in [-0.15, -0.1) is 0 Å². The molecule has 1 fully saturated rings. The Hall–Kier alpha value is -1.79. The van der Waals surface area contributed by atoms with Crippen LogP contribution < -0.4 is 10.2 Å². The van der Waals surface area contributed by atoms with E-state index < -0.39 is 0 Å². The molecule has 2 amide bonds. The third-order valence-corrected chi connectivity index (χ3v) is 4.37. The lowest BCUT2D eigenvalue weighted by atomic mass is 10.1. The fourth-order valence-electron chi connectivity index (χ4n) is 2.78. The van der Waals surface area contributed by atoms with E-state index in [0.29, 0.717) is 31.3 Å². The second kappa shape index (κ2) is 8.89. The fraction of sp³-hybridized carbons (Fsp3) is 0.529. The van der Waals surface area contributed by atoms with Gasteiger partial charge in [-0.25, -0.2) is 4.79 Å². The van der Waals surface area contributed by atoms with Gasteiger partial charge in [-0.1, -0.05) is 23.7 Å². The first-order chi connectivity index (χ1) is 11.5. The lowest BCUT2D eigenvalue weighted by molar-refractivity contribution is -0.896. The first kappa shape index (κ1) is 18.5. The highest BCUT2D eigenvalue weighted by atomic mass is 35.5. The molecule has 132 valence electrons. The molecule has 1 saturated heterocycles. The molecule has 6 nitrogen and oxygen atoms in total. The van der Waals surface area contributed by atoms with Crippen LogP contribution in [0.1, 0.15) is 25.5 Å². The topological polar surface area (TPSA) is 63.1 Å². The van der Waals surface area contributed by atoms with Crippen molar-refractivity contribution in [2.75, 3.05) is 39.3 Å². The zero-order valence-corrected chi connectivity index (χ0v) is 14.9. The number of carbonyl (C=O) groups excluding carboxylic acids is 2. The zero-order valence-electron chi connectivity index (χ0n) is 14.2. The second-order valence-corrected chi connectivity index (χ2v) is 6.39. The van der Waals surface area contributed by atoms with Crippen LogP contribution in [0.3, 0.4) is 0 Å². The number of carbonyl (C=O) groups is 2. The summed E-state index contributed by atoms with van der Waals surface area (Å²) in [7, 11) is 0. The van der Waals surface area contributed by atoms with Crippen molar-refractivity contribution in [1.82, 2.24) is 10.2 Å². The van der Waals surface area contributed by atoms with Gasteiger partial charge < -0.3 is 15.0 Å². The maximum absolute atomic E-state index is 12.2. The Bertz CT molecular complexity index is 574. The smallest absolute Gasteiger partial charge is 0.410 e. The average Bonchev–Trinajstić information content (AvgIpc) is 2.55. The number of halogens is 1. The van der Waals surface area contributed by atoms with Gasteiger partial charge in [0.2, 0.25) is 0 Å². The number of hydrogen-bond donors (Lipinski definition) is 2. The predicted molar refractivity (Wildman–Crippen MR) is 92.2 cm³/mol. The third kappa shape index (κ3) is 5.39. The number of quaternary nitrogens is 1. The highest BCUT2D eigenvalue weighted by Crippen LogP contribution is 2.16. The average molecular weight is 355 g/mol. The molecular formula is C17H25ClN3O3+. The Morgan fingerprint density at radius 2 is 2.08 bits per heavy atom. The standard InChI is InChI=1S/C17H24ClN3O3/c1-3-24-17(23)21-9-7-20(8-10-21)12-16(22)19-13(2)14-5-4-6-15(18)11-14/h4-6,11,13H,3,7-10,12H2,1-2H3,(H,19,22)/p+1/t13-/m0/s1. The van der Waals surface area contributed by atoms with Crippen molar-refractivity contribution in [1.29, 1.82) is 0 Å². The van der Waals surface area contributed by atoms with Crippen LogP contribution >= 0.6 is 11.6 Å². The first-order valence-corrected chi connectivity index (χ1v) is 8.67. The van der Waals surface area contributed by atoms with Crippen molar-refractivity contribution < 1.29 is 19.2 Å². The van der Waals surface area contributed by atoms with Crippen molar-refractivity contribution >= 4 is 23.6 Å². The van der Waals surface area contributed by atoms with Crippen LogP contribution in [0.5, 0.6) is 0 Å². The van der Waals surface area contributed by atoms with Gasteiger partial charge in [0.25, 0.3) is 5.91 Å². The minimum absolute atomic E-state index is 0.00191. The Kier molecular flexibility index (Phi) is 6.87.